The number of rotatable bonds is 4. The molecule has 4 fully saturated rings. The molecule has 4 heterocycles. The van der Waals surface area contributed by atoms with Crippen LogP contribution in [0.1, 0.15) is 49.2 Å². The lowest BCUT2D eigenvalue weighted by atomic mass is 9.61. The molecule has 2 saturated carbocycles. The van der Waals surface area contributed by atoms with Crippen LogP contribution in [0.4, 0.5) is 18.0 Å². The maximum absolute atomic E-state index is 12.7. The van der Waals surface area contributed by atoms with E-state index in [4.69, 9.17) is 4.74 Å². The van der Waals surface area contributed by atoms with Gasteiger partial charge in [0.15, 0.2) is 11.5 Å². The van der Waals surface area contributed by atoms with Crippen LogP contribution in [0.25, 0.3) is 0 Å². The van der Waals surface area contributed by atoms with Crippen molar-refractivity contribution in [2.45, 2.75) is 49.9 Å². The Morgan fingerprint density at radius 1 is 1.09 bits per heavy atom. The molecule has 2 aliphatic heterocycles. The van der Waals surface area contributed by atoms with Gasteiger partial charge in [0, 0.05) is 30.5 Å². The van der Waals surface area contributed by atoms with E-state index in [0.29, 0.717) is 25.0 Å². The van der Waals surface area contributed by atoms with Crippen molar-refractivity contribution in [3.63, 3.8) is 0 Å². The van der Waals surface area contributed by atoms with Crippen molar-refractivity contribution >= 4 is 6.03 Å². The smallest absolute Gasteiger partial charge is 0.433 e. The topological polar surface area (TPSA) is 89.3 Å². The Morgan fingerprint density at radius 3 is 2.53 bits per heavy atom. The van der Waals surface area contributed by atoms with Crippen molar-refractivity contribution in [2.75, 3.05) is 26.2 Å². The minimum atomic E-state index is -4.55. The number of nitrogens with zero attached hydrogens (tertiary/aromatic N) is 7. The van der Waals surface area contributed by atoms with Crippen molar-refractivity contribution in [1.29, 1.82) is 0 Å². The van der Waals surface area contributed by atoms with Crippen LogP contribution in [0.3, 0.4) is 0 Å². The molecule has 170 valence electrons. The van der Waals surface area contributed by atoms with E-state index in [9.17, 15) is 18.0 Å². The van der Waals surface area contributed by atoms with Crippen LogP contribution in [0, 0.1) is 5.41 Å². The van der Waals surface area contributed by atoms with E-state index >= 15 is 0 Å². The minimum Gasteiger partial charge on any atom is -0.470 e. The average Bonchev–Trinajstić information content (AvgIpc) is 3.39. The third kappa shape index (κ3) is 3.45. The molecule has 0 radical (unpaired) electrons. The summed E-state index contributed by atoms with van der Waals surface area (Å²) in [6, 6.07) is 1.09. The van der Waals surface area contributed by atoms with Gasteiger partial charge in [-0.25, -0.2) is 24.4 Å². The first-order chi connectivity index (χ1) is 15.3. The number of hydrogen-bond donors (Lipinski definition) is 0. The summed E-state index contributed by atoms with van der Waals surface area (Å²) in [5.74, 6) is 1.38. The van der Waals surface area contributed by atoms with E-state index in [1.165, 1.54) is 12.8 Å². The molecular formula is C20H22F3N7O2. The summed E-state index contributed by atoms with van der Waals surface area (Å²) < 4.78 is 45.7. The van der Waals surface area contributed by atoms with Crippen LogP contribution in [-0.2, 0) is 6.18 Å². The standard InChI is InChI=1S/C20H22F3N7O2/c21-20(22,23)15-3-16(25-10-24-15)32-14-6-28(7-14)18(31)29-8-19(9-29)4-13(5-19)30-11-26-17(27-30)12-1-2-12/h3,10-14H,1-2,4-9H2. The highest BCUT2D eigenvalue weighted by Crippen LogP contribution is 2.54. The van der Waals surface area contributed by atoms with E-state index in [1.807, 2.05) is 15.9 Å². The fourth-order valence-electron chi connectivity index (χ4n) is 4.88. The number of carbonyl (C=O) groups is 1. The summed E-state index contributed by atoms with van der Waals surface area (Å²) >= 11 is 0. The molecule has 0 N–H and O–H groups in total. The molecule has 0 atom stereocenters. The van der Waals surface area contributed by atoms with E-state index < -0.39 is 11.9 Å². The number of aromatic nitrogens is 5. The minimum absolute atomic E-state index is 0.0469. The van der Waals surface area contributed by atoms with Gasteiger partial charge >= 0.3 is 12.2 Å². The molecule has 2 amide bonds. The third-order valence-corrected chi connectivity index (χ3v) is 6.84. The number of ether oxygens (including phenoxy) is 1. The highest BCUT2D eigenvalue weighted by molar-refractivity contribution is 5.76. The summed E-state index contributed by atoms with van der Waals surface area (Å²) in [5, 5.41) is 4.62. The molecule has 2 aromatic heterocycles. The number of hydrogen-bond acceptors (Lipinski definition) is 6. The van der Waals surface area contributed by atoms with Crippen molar-refractivity contribution in [3.05, 3.63) is 30.2 Å². The lowest BCUT2D eigenvalue weighted by molar-refractivity contribution is -0.141. The first kappa shape index (κ1) is 19.7. The van der Waals surface area contributed by atoms with Crippen LogP contribution in [0.5, 0.6) is 5.88 Å². The molecule has 0 bridgehead atoms. The third-order valence-electron chi connectivity index (χ3n) is 6.84. The van der Waals surface area contributed by atoms with Gasteiger partial charge in [0.25, 0.3) is 0 Å². The molecule has 12 heteroatoms. The highest BCUT2D eigenvalue weighted by Gasteiger charge is 2.55. The number of likely N-dealkylation sites (tertiary alicyclic amines) is 2. The first-order valence-corrected chi connectivity index (χ1v) is 10.8. The van der Waals surface area contributed by atoms with Crippen LogP contribution < -0.4 is 4.74 Å². The molecule has 9 nitrogen and oxygen atoms in total. The summed E-state index contributed by atoms with van der Waals surface area (Å²) in [6.45, 7) is 2.13. The van der Waals surface area contributed by atoms with Crippen molar-refractivity contribution < 1.29 is 22.7 Å². The zero-order valence-electron chi connectivity index (χ0n) is 17.2. The largest absolute Gasteiger partial charge is 0.470 e. The Bertz CT molecular complexity index is 1030. The summed E-state index contributed by atoms with van der Waals surface area (Å²) in [6.07, 6.45) is 2.13. The van der Waals surface area contributed by atoms with Gasteiger partial charge in [0.2, 0.25) is 5.88 Å². The van der Waals surface area contributed by atoms with Crippen LogP contribution in [-0.4, -0.2) is 72.8 Å². The zero-order chi connectivity index (χ0) is 22.1. The molecule has 32 heavy (non-hydrogen) atoms. The predicted octanol–water partition coefficient (Wildman–Crippen LogP) is 2.48. The monoisotopic (exact) mass is 449 g/mol. The Hall–Kier alpha value is -2.92. The Kier molecular flexibility index (Phi) is 4.19. The molecule has 0 unspecified atom stereocenters. The molecule has 2 aliphatic carbocycles. The van der Waals surface area contributed by atoms with Gasteiger partial charge in [-0.3, -0.25) is 0 Å². The van der Waals surface area contributed by atoms with Crippen molar-refractivity contribution in [1.82, 2.24) is 34.5 Å². The van der Waals surface area contributed by atoms with E-state index in [0.717, 1.165) is 44.1 Å². The van der Waals surface area contributed by atoms with E-state index in [-0.39, 0.29) is 23.4 Å². The average molecular weight is 449 g/mol. The molecular weight excluding hydrogens is 427 g/mol. The highest BCUT2D eigenvalue weighted by atomic mass is 19.4. The van der Waals surface area contributed by atoms with Gasteiger partial charge in [-0.05, 0) is 25.7 Å². The SMILES string of the molecule is O=C(N1CC(Oc2cc(C(F)(F)F)ncn2)C1)N1CC2(CC(n3cnc(C4CC4)n3)C2)C1. The Labute approximate surface area is 181 Å². The number of urea groups is 1. The molecule has 2 aromatic rings. The maximum atomic E-state index is 12.7. The fraction of sp³-hybridized carbons (Fsp3) is 0.650. The lowest BCUT2D eigenvalue weighted by Crippen LogP contribution is -2.69. The van der Waals surface area contributed by atoms with Crippen LogP contribution in [0.2, 0.25) is 0 Å². The van der Waals surface area contributed by atoms with Gasteiger partial charge in [0.1, 0.15) is 18.8 Å². The fourth-order valence-corrected chi connectivity index (χ4v) is 4.88. The van der Waals surface area contributed by atoms with E-state index in [1.54, 1.807) is 4.90 Å². The normalized spacial score (nSPS) is 23.0. The second-order valence-corrected chi connectivity index (χ2v) is 9.44. The second-order valence-electron chi connectivity index (χ2n) is 9.44. The first-order valence-electron chi connectivity index (χ1n) is 10.8. The molecule has 6 rings (SSSR count). The number of halogens is 3. The zero-order valence-corrected chi connectivity index (χ0v) is 17.2. The number of carbonyl (C=O) groups excluding carboxylic acids is 1. The lowest BCUT2D eigenvalue weighted by Gasteiger charge is -2.59. The molecule has 4 aliphatic rings. The molecule has 0 aromatic carbocycles. The van der Waals surface area contributed by atoms with E-state index in [2.05, 4.69) is 20.1 Å². The van der Waals surface area contributed by atoms with Gasteiger partial charge in [0.05, 0.1) is 19.1 Å². The Balaban J connectivity index is 0.954. The van der Waals surface area contributed by atoms with Crippen molar-refractivity contribution in [2.24, 2.45) is 5.41 Å². The Morgan fingerprint density at radius 2 is 1.84 bits per heavy atom. The van der Waals surface area contributed by atoms with Crippen LogP contribution >= 0.6 is 0 Å². The van der Waals surface area contributed by atoms with Crippen molar-refractivity contribution in [3.8, 4) is 5.88 Å². The predicted molar refractivity (Wildman–Crippen MR) is 103 cm³/mol. The summed E-state index contributed by atoms with van der Waals surface area (Å²) in [7, 11) is 0. The summed E-state index contributed by atoms with van der Waals surface area (Å²) in [4.78, 5) is 27.5. The second kappa shape index (κ2) is 6.79. The molecule has 2 saturated heterocycles. The molecule has 1 spiro atoms. The van der Waals surface area contributed by atoms with Gasteiger partial charge in [-0.2, -0.15) is 18.3 Å². The maximum Gasteiger partial charge on any atom is 0.433 e. The number of alkyl halides is 3. The van der Waals surface area contributed by atoms with Gasteiger partial charge in [-0.1, -0.05) is 0 Å². The quantitative estimate of drug-likeness (QED) is 0.713. The van der Waals surface area contributed by atoms with Gasteiger partial charge < -0.3 is 14.5 Å². The van der Waals surface area contributed by atoms with Gasteiger partial charge in [-0.15, -0.1) is 0 Å². The number of amides is 2. The van der Waals surface area contributed by atoms with Crippen LogP contribution in [0.15, 0.2) is 18.7 Å². The summed E-state index contributed by atoms with van der Waals surface area (Å²) in [5.41, 5.74) is -0.865.